The molecule has 0 aliphatic carbocycles. The molecule has 2 aromatic rings. The number of aromatic nitrogens is 2. The fourth-order valence-electron chi connectivity index (χ4n) is 3.13. The van der Waals surface area contributed by atoms with Crippen LogP contribution in [0.2, 0.25) is 0 Å². The number of carbonyl (C=O) groups is 1. The van der Waals surface area contributed by atoms with Crippen molar-refractivity contribution in [2.24, 2.45) is 5.92 Å². The van der Waals surface area contributed by atoms with Gasteiger partial charge in [0.05, 0.1) is 0 Å². The molecule has 1 aliphatic rings. The third-order valence-corrected chi connectivity index (χ3v) is 4.74. The molecule has 1 amide bonds. The van der Waals surface area contributed by atoms with Crippen LogP contribution in [0, 0.1) is 5.92 Å². The molecule has 3 heterocycles. The molecule has 3 rings (SSSR count). The number of fused-ring (bicyclic) bond motifs is 1. The minimum atomic E-state index is -0.0690. The maximum Gasteiger partial charge on any atom is 0.228 e. The van der Waals surface area contributed by atoms with Gasteiger partial charge in [0, 0.05) is 41.7 Å². The summed E-state index contributed by atoms with van der Waals surface area (Å²) in [7, 11) is 0. The van der Waals surface area contributed by atoms with Crippen molar-refractivity contribution in [2.75, 3.05) is 23.3 Å². The van der Waals surface area contributed by atoms with Gasteiger partial charge in [-0.25, -0.2) is 9.97 Å². The van der Waals surface area contributed by atoms with Crippen LogP contribution in [0.25, 0.3) is 10.8 Å². The Kier molecular flexibility index (Phi) is 5.21. The summed E-state index contributed by atoms with van der Waals surface area (Å²) in [6.07, 6.45) is 5.55. The minimum absolute atomic E-state index is 0.0156. The SMILES string of the molecule is CC(C)C(=O)Nc1cc2c(N3CCCCC3)nc(C(C)C)cc2cn1. The van der Waals surface area contributed by atoms with E-state index in [4.69, 9.17) is 4.98 Å². The molecular formula is C20H28N4O. The van der Waals surface area contributed by atoms with E-state index in [-0.39, 0.29) is 11.8 Å². The molecule has 134 valence electrons. The topological polar surface area (TPSA) is 58.1 Å². The highest BCUT2D eigenvalue weighted by Crippen LogP contribution is 2.31. The van der Waals surface area contributed by atoms with Gasteiger partial charge in [-0.2, -0.15) is 0 Å². The molecule has 1 saturated heterocycles. The summed E-state index contributed by atoms with van der Waals surface area (Å²) in [6, 6.07) is 4.09. The van der Waals surface area contributed by atoms with Crippen LogP contribution >= 0.6 is 0 Å². The fourth-order valence-corrected chi connectivity index (χ4v) is 3.13. The predicted octanol–water partition coefficient (Wildman–Crippen LogP) is 4.34. The van der Waals surface area contributed by atoms with Gasteiger partial charge < -0.3 is 10.2 Å². The number of nitrogens with one attached hydrogen (secondary N) is 1. The smallest absolute Gasteiger partial charge is 0.228 e. The number of hydrogen-bond acceptors (Lipinski definition) is 4. The van der Waals surface area contributed by atoms with E-state index in [2.05, 4.69) is 35.1 Å². The van der Waals surface area contributed by atoms with Crippen molar-refractivity contribution in [3.05, 3.63) is 24.0 Å². The average Bonchev–Trinajstić information content (AvgIpc) is 2.61. The summed E-state index contributed by atoms with van der Waals surface area (Å²) >= 11 is 0. The molecular weight excluding hydrogens is 312 g/mol. The number of carbonyl (C=O) groups excluding carboxylic acids is 1. The second-order valence-corrected chi connectivity index (χ2v) is 7.51. The Morgan fingerprint density at radius 3 is 2.48 bits per heavy atom. The van der Waals surface area contributed by atoms with E-state index in [1.165, 1.54) is 19.3 Å². The summed E-state index contributed by atoms with van der Waals surface area (Å²) in [6.45, 7) is 10.2. The number of nitrogens with zero attached hydrogens (tertiary/aromatic N) is 3. The molecule has 5 heteroatoms. The van der Waals surface area contributed by atoms with Gasteiger partial charge in [0.1, 0.15) is 11.6 Å². The lowest BCUT2D eigenvalue weighted by Gasteiger charge is -2.29. The van der Waals surface area contributed by atoms with Crippen LogP contribution in [0.5, 0.6) is 0 Å². The molecule has 1 N–H and O–H groups in total. The monoisotopic (exact) mass is 340 g/mol. The number of hydrogen-bond donors (Lipinski definition) is 1. The van der Waals surface area contributed by atoms with Crippen LogP contribution < -0.4 is 10.2 Å². The molecule has 0 spiro atoms. The van der Waals surface area contributed by atoms with Crippen molar-refractivity contribution in [1.82, 2.24) is 9.97 Å². The van der Waals surface area contributed by atoms with Gasteiger partial charge >= 0.3 is 0 Å². The van der Waals surface area contributed by atoms with E-state index in [0.717, 1.165) is 35.4 Å². The normalized spacial score (nSPS) is 15.2. The molecule has 1 fully saturated rings. The Labute approximate surface area is 149 Å². The summed E-state index contributed by atoms with van der Waals surface area (Å²) in [4.78, 5) is 23.8. The van der Waals surface area contributed by atoms with Gasteiger partial charge in [-0.05, 0) is 37.3 Å². The molecule has 0 saturated carbocycles. The summed E-state index contributed by atoms with van der Waals surface area (Å²) in [5.41, 5.74) is 1.09. The highest BCUT2D eigenvalue weighted by atomic mass is 16.1. The maximum atomic E-state index is 12.0. The quantitative estimate of drug-likeness (QED) is 0.899. The lowest BCUT2D eigenvalue weighted by molar-refractivity contribution is -0.118. The molecule has 0 atom stereocenters. The molecule has 1 aliphatic heterocycles. The van der Waals surface area contributed by atoms with Gasteiger partial charge in [-0.15, -0.1) is 0 Å². The molecule has 0 bridgehead atoms. The lowest BCUT2D eigenvalue weighted by atomic mass is 10.0. The van der Waals surface area contributed by atoms with Crippen LogP contribution in [-0.4, -0.2) is 29.0 Å². The molecule has 0 aromatic carbocycles. The van der Waals surface area contributed by atoms with Crippen LogP contribution in [0.1, 0.15) is 58.6 Å². The minimum Gasteiger partial charge on any atom is -0.356 e. The highest BCUT2D eigenvalue weighted by Gasteiger charge is 2.18. The van der Waals surface area contributed by atoms with Crippen molar-refractivity contribution < 1.29 is 4.79 Å². The van der Waals surface area contributed by atoms with Crippen molar-refractivity contribution in [3.63, 3.8) is 0 Å². The van der Waals surface area contributed by atoms with Crippen LogP contribution in [-0.2, 0) is 4.79 Å². The average molecular weight is 340 g/mol. The van der Waals surface area contributed by atoms with Gasteiger partial charge in [-0.3, -0.25) is 4.79 Å². The first kappa shape index (κ1) is 17.6. The summed E-state index contributed by atoms with van der Waals surface area (Å²) < 4.78 is 0. The Morgan fingerprint density at radius 1 is 1.12 bits per heavy atom. The Balaban J connectivity index is 2.06. The van der Waals surface area contributed by atoms with E-state index < -0.39 is 0 Å². The zero-order valence-electron chi connectivity index (χ0n) is 15.7. The standard InChI is InChI=1S/C20H28N4O/c1-13(2)17-10-15-12-21-18(23-20(25)14(3)4)11-16(15)19(22-17)24-8-6-5-7-9-24/h10-14H,5-9H2,1-4H3,(H,21,23,25). The molecule has 0 radical (unpaired) electrons. The number of anilines is 2. The zero-order valence-corrected chi connectivity index (χ0v) is 15.7. The first-order valence-electron chi connectivity index (χ1n) is 9.32. The number of amides is 1. The molecule has 0 unspecified atom stereocenters. The Morgan fingerprint density at radius 2 is 1.84 bits per heavy atom. The van der Waals surface area contributed by atoms with Crippen molar-refractivity contribution in [2.45, 2.75) is 52.9 Å². The van der Waals surface area contributed by atoms with Gasteiger partial charge in [-0.1, -0.05) is 27.7 Å². The van der Waals surface area contributed by atoms with E-state index >= 15 is 0 Å². The lowest BCUT2D eigenvalue weighted by Crippen LogP contribution is -2.30. The first-order chi connectivity index (χ1) is 12.0. The molecule has 2 aromatic heterocycles. The zero-order chi connectivity index (χ0) is 18.0. The van der Waals surface area contributed by atoms with Gasteiger partial charge in [0.15, 0.2) is 0 Å². The summed E-state index contributed by atoms with van der Waals surface area (Å²) in [5.74, 6) is 1.92. The fraction of sp³-hybridized carbons (Fsp3) is 0.550. The highest BCUT2D eigenvalue weighted by molar-refractivity contribution is 5.97. The van der Waals surface area contributed by atoms with E-state index in [1.54, 1.807) is 0 Å². The second kappa shape index (κ2) is 7.38. The Bertz CT molecular complexity index is 764. The second-order valence-electron chi connectivity index (χ2n) is 7.51. The number of rotatable bonds is 4. The van der Waals surface area contributed by atoms with Crippen molar-refractivity contribution in [1.29, 1.82) is 0 Å². The number of pyridine rings is 2. The van der Waals surface area contributed by atoms with Gasteiger partial charge in [0.25, 0.3) is 0 Å². The van der Waals surface area contributed by atoms with Crippen LogP contribution in [0.15, 0.2) is 18.3 Å². The first-order valence-corrected chi connectivity index (χ1v) is 9.32. The Hall–Kier alpha value is -2.17. The summed E-state index contributed by atoms with van der Waals surface area (Å²) in [5, 5.41) is 5.06. The van der Waals surface area contributed by atoms with E-state index in [0.29, 0.717) is 11.7 Å². The maximum absolute atomic E-state index is 12.0. The van der Waals surface area contributed by atoms with E-state index in [1.807, 2.05) is 26.1 Å². The third kappa shape index (κ3) is 3.91. The van der Waals surface area contributed by atoms with Crippen LogP contribution in [0.3, 0.4) is 0 Å². The van der Waals surface area contributed by atoms with Crippen molar-refractivity contribution in [3.8, 4) is 0 Å². The molecule has 5 nitrogen and oxygen atoms in total. The third-order valence-electron chi connectivity index (χ3n) is 4.74. The largest absolute Gasteiger partial charge is 0.356 e. The van der Waals surface area contributed by atoms with Crippen molar-refractivity contribution >= 4 is 28.3 Å². The van der Waals surface area contributed by atoms with E-state index in [9.17, 15) is 4.79 Å². The predicted molar refractivity (Wildman–Crippen MR) is 103 cm³/mol. The van der Waals surface area contributed by atoms with Gasteiger partial charge in [0.2, 0.25) is 5.91 Å². The van der Waals surface area contributed by atoms with Crippen LogP contribution in [0.4, 0.5) is 11.6 Å². The molecule has 25 heavy (non-hydrogen) atoms. The number of piperidine rings is 1.